The summed E-state index contributed by atoms with van der Waals surface area (Å²) in [7, 11) is 0. The SMILES string of the molecule is CC(C(=O)NCC1CC=CCC1)C(N)c1ccccc1. The molecule has 108 valence electrons. The predicted molar refractivity (Wildman–Crippen MR) is 82.0 cm³/mol. The van der Waals surface area contributed by atoms with Gasteiger partial charge in [-0.05, 0) is 30.7 Å². The molecule has 1 amide bonds. The molecule has 0 radical (unpaired) electrons. The first-order valence-electron chi connectivity index (χ1n) is 7.41. The van der Waals surface area contributed by atoms with Crippen LogP contribution in [-0.4, -0.2) is 12.5 Å². The van der Waals surface area contributed by atoms with Gasteiger partial charge in [-0.2, -0.15) is 0 Å². The maximum absolute atomic E-state index is 12.2. The van der Waals surface area contributed by atoms with Crippen LogP contribution in [0.3, 0.4) is 0 Å². The van der Waals surface area contributed by atoms with E-state index < -0.39 is 0 Å². The number of hydrogen-bond acceptors (Lipinski definition) is 2. The van der Waals surface area contributed by atoms with E-state index in [2.05, 4.69) is 17.5 Å². The highest BCUT2D eigenvalue weighted by Crippen LogP contribution is 2.20. The summed E-state index contributed by atoms with van der Waals surface area (Å²) in [5, 5.41) is 3.05. The minimum Gasteiger partial charge on any atom is -0.356 e. The van der Waals surface area contributed by atoms with Crippen LogP contribution in [0.25, 0.3) is 0 Å². The molecule has 0 saturated heterocycles. The van der Waals surface area contributed by atoms with Crippen LogP contribution in [0.5, 0.6) is 0 Å². The van der Waals surface area contributed by atoms with E-state index in [9.17, 15) is 4.79 Å². The second-order valence-electron chi connectivity index (χ2n) is 5.62. The summed E-state index contributed by atoms with van der Waals surface area (Å²) in [5.41, 5.74) is 7.19. The molecule has 1 aromatic carbocycles. The molecule has 2 rings (SSSR count). The zero-order chi connectivity index (χ0) is 14.4. The molecule has 3 unspecified atom stereocenters. The third-order valence-corrected chi connectivity index (χ3v) is 4.08. The molecule has 0 fully saturated rings. The number of benzene rings is 1. The van der Waals surface area contributed by atoms with Crippen LogP contribution in [0.1, 0.15) is 37.8 Å². The van der Waals surface area contributed by atoms with Crippen molar-refractivity contribution in [3.8, 4) is 0 Å². The number of amides is 1. The van der Waals surface area contributed by atoms with Crippen LogP contribution in [0.4, 0.5) is 0 Å². The molecular formula is C17H24N2O. The van der Waals surface area contributed by atoms with Crippen LogP contribution in [0, 0.1) is 11.8 Å². The maximum atomic E-state index is 12.2. The van der Waals surface area contributed by atoms with E-state index in [-0.39, 0.29) is 17.9 Å². The Morgan fingerprint density at radius 3 is 2.75 bits per heavy atom. The summed E-state index contributed by atoms with van der Waals surface area (Å²) in [6.07, 6.45) is 7.78. The number of allylic oxidation sites excluding steroid dienone is 2. The maximum Gasteiger partial charge on any atom is 0.224 e. The molecule has 20 heavy (non-hydrogen) atoms. The lowest BCUT2D eigenvalue weighted by molar-refractivity contribution is -0.125. The highest BCUT2D eigenvalue weighted by molar-refractivity contribution is 5.79. The quantitative estimate of drug-likeness (QED) is 0.810. The monoisotopic (exact) mass is 272 g/mol. The summed E-state index contributed by atoms with van der Waals surface area (Å²) >= 11 is 0. The molecule has 0 heterocycles. The van der Waals surface area contributed by atoms with Crippen LogP contribution in [0.15, 0.2) is 42.5 Å². The lowest BCUT2D eigenvalue weighted by atomic mass is 9.92. The fourth-order valence-corrected chi connectivity index (χ4v) is 2.57. The molecule has 3 nitrogen and oxygen atoms in total. The van der Waals surface area contributed by atoms with E-state index in [0.717, 1.165) is 31.4 Å². The molecule has 3 N–H and O–H groups in total. The van der Waals surface area contributed by atoms with Crippen molar-refractivity contribution in [2.75, 3.05) is 6.54 Å². The molecule has 1 aliphatic carbocycles. The van der Waals surface area contributed by atoms with Crippen LogP contribution in [-0.2, 0) is 4.79 Å². The smallest absolute Gasteiger partial charge is 0.224 e. The van der Waals surface area contributed by atoms with E-state index in [1.165, 1.54) is 0 Å². The van der Waals surface area contributed by atoms with Crippen molar-refractivity contribution in [3.63, 3.8) is 0 Å². The molecule has 1 aromatic rings. The molecule has 0 aromatic heterocycles. The minimum absolute atomic E-state index is 0.0518. The third-order valence-electron chi connectivity index (χ3n) is 4.08. The molecule has 3 atom stereocenters. The third kappa shape index (κ3) is 3.94. The lowest BCUT2D eigenvalue weighted by Gasteiger charge is -2.22. The Morgan fingerprint density at radius 1 is 1.35 bits per heavy atom. The van der Waals surface area contributed by atoms with Crippen LogP contribution in [0.2, 0.25) is 0 Å². The number of nitrogens with one attached hydrogen (secondary N) is 1. The van der Waals surface area contributed by atoms with Crippen molar-refractivity contribution in [3.05, 3.63) is 48.0 Å². The summed E-state index contributed by atoms with van der Waals surface area (Å²) in [5.74, 6) is 0.413. The normalized spacial score (nSPS) is 21.2. The van der Waals surface area contributed by atoms with Crippen molar-refractivity contribution in [2.24, 2.45) is 17.6 Å². The van der Waals surface area contributed by atoms with Crippen molar-refractivity contribution in [1.29, 1.82) is 0 Å². The fourth-order valence-electron chi connectivity index (χ4n) is 2.57. The largest absolute Gasteiger partial charge is 0.356 e. The number of nitrogens with two attached hydrogens (primary N) is 1. The van der Waals surface area contributed by atoms with Gasteiger partial charge in [-0.3, -0.25) is 4.79 Å². The Morgan fingerprint density at radius 2 is 2.10 bits per heavy atom. The molecule has 3 heteroatoms. The molecule has 0 aliphatic heterocycles. The van der Waals surface area contributed by atoms with E-state index in [1.54, 1.807) is 0 Å². The van der Waals surface area contributed by atoms with Crippen molar-refractivity contribution >= 4 is 5.91 Å². The Bertz CT molecular complexity index is 455. The van der Waals surface area contributed by atoms with Gasteiger partial charge in [0.1, 0.15) is 0 Å². The Kier molecular flexibility index (Phi) is 5.36. The second-order valence-corrected chi connectivity index (χ2v) is 5.62. The first kappa shape index (κ1) is 14.8. The zero-order valence-electron chi connectivity index (χ0n) is 12.1. The lowest BCUT2D eigenvalue weighted by Crippen LogP contribution is -2.38. The van der Waals surface area contributed by atoms with Gasteiger partial charge in [0.05, 0.1) is 5.92 Å². The number of carbonyl (C=O) groups excluding carboxylic acids is 1. The van der Waals surface area contributed by atoms with Gasteiger partial charge < -0.3 is 11.1 Å². The van der Waals surface area contributed by atoms with Crippen molar-refractivity contribution in [1.82, 2.24) is 5.32 Å². The van der Waals surface area contributed by atoms with Crippen molar-refractivity contribution in [2.45, 2.75) is 32.2 Å². The second kappa shape index (κ2) is 7.25. The average Bonchev–Trinajstić information content (AvgIpc) is 2.53. The van der Waals surface area contributed by atoms with Crippen LogP contribution >= 0.6 is 0 Å². The summed E-state index contributed by atoms with van der Waals surface area (Å²) in [4.78, 5) is 12.2. The van der Waals surface area contributed by atoms with Gasteiger partial charge in [-0.15, -0.1) is 0 Å². The van der Waals surface area contributed by atoms with Gasteiger partial charge >= 0.3 is 0 Å². The van der Waals surface area contributed by atoms with E-state index in [4.69, 9.17) is 5.73 Å². The molecular weight excluding hydrogens is 248 g/mol. The zero-order valence-corrected chi connectivity index (χ0v) is 12.1. The van der Waals surface area contributed by atoms with E-state index >= 15 is 0 Å². The number of carbonyl (C=O) groups is 1. The number of hydrogen-bond donors (Lipinski definition) is 2. The molecule has 0 saturated carbocycles. The molecule has 1 aliphatic rings. The van der Waals surface area contributed by atoms with Crippen LogP contribution < -0.4 is 11.1 Å². The standard InChI is InChI=1S/C17H24N2O/c1-13(16(18)15-10-6-3-7-11-15)17(20)19-12-14-8-4-2-5-9-14/h2-4,6-7,10-11,13-14,16H,5,8-9,12,18H2,1H3,(H,19,20). The highest BCUT2D eigenvalue weighted by atomic mass is 16.1. The topological polar surface area (TPSA) is 55.1 Å². The van der Waals surface area contributed by atoms with Gasteiger partial charge in [0.2, 0.25) is 5.91 Å². The Labute approximate surface area is 121 Å². The first-order valence-corrected chi connectivity index (χ1v) is 7.41. The summed E-state index contributed by atoms with van der Waals surface area (Å²) in [6.45, 7) is 2.66. The van der Waals surface area contributed by atoms with E-state index in [1.807, 2.05) is 37.3 Å². The fraction of sp³-hybridized carbons (Fsp3) is 0.471. The minimum atomic E-state index is -0.248. The van der Waals surface area contributed by atoms with Gasteiger partial charge in [0.15, 0.2) is 0 Å². The van der Waals surface area contributed by atoms with Crippen molar-refractivity contribution < 1.29 is 4.79 Å². The molecule has 0 spiro atoms. The number of rotatable bonds is 5. The Hall–Kier alpha value is -1.61. The highest BCUT2D eigenvalue weighted by Gasteiger charge is 2.22. The first-order chi connectivity index (χ1) is 9.68. The van der Waals surface area contributed by atoms with Gasteiger partial charge in [0.25, 0.3) is 0 Å². The summed E-state index contributed by atoms with van der Waals surface area (Å²) in [6, 6.07) is 9.56. The van der Waals surface area contributed by atoms with Gasteiger partial charge in [0, 0.05) is 12.6 Å². The average molecular weight is 272 g/mol. The van der Waals surface area contributed by atoms with Gasteiger partial charge in [-0.1, -0.05) is 49.4 Å². The Balaban J connectivity index is 1.83. The van der Waals surface area contributed by atoms with Gasteiger partial charge in [-0.25, -0.2) is 0 Å². The van der Waals surface area contributed by atoms with E-state index in [0.29, 0.717) is 5.92 Å². The summed E-state index contributed by atoms with van der Waals surface area (Å²) < 4.78 is 0. The predicted octanol–water partition coefficient (Wildman–Crippen LogP) is 2.80. The molecule has 0 bridgehead atoms.